The second-order valence-corrected chi connectivity index (χ2v) is 3.62. The SMILES string of the molecule is CC(Cl)(c1ccccc1)C(F)(F)F. The van der Waals surface area contributed by atoms with E-state index in [2.05, 4.69) is 0 Å². The van der Waals surface area contributed by atoms with Gasteiger partial charge in [0.2, 0.25) is 0 Å². The Morgan fingerprint density at radius 1 is 1.08 bits per heavy atom. The van der Waals surface area contributed by atoms with E-state index in [1.54, 1.807) is 6.07 Å². The number of benzene rings is 1. The summed E-state index contributed by atoms with van der Waals surface area (Å²) in [6.07, 6.45) is -4.43. The van der Waals surface area contributed by atoms with Gasteiger partial charge in [0.15, 0.2) is 4.87 Å². The summed E-state index contributed by atoms with van der Waals surface area (Å²) in [5, 5.41) is 0. The van der Waals surface area contributed by atoms with Crippen LogP contribution in [0.25, 0.3) is 0 Å². The van der Waals surface area contributed by atoms with Crippen LogP contribution in [-0.4, -0.2) is 6.18 Å². The van der Waals surface area contributed by atoms with Crippen molar-refractivity contribution in [1.29, 1.82) is 0 Å². The summed E-state index contributed by atoms with van der Waals surface area (Å²) in [6, 6.07) is 7.43. The molecule has 4 heteroatoms. The zero-order valence-electron chi connectivity index (χ0n) is 6.90. The van der Waals surface area contributed by atoms with Gasteiger partial charge < -0.3 is 0 Å². The summed E-state index contributed by atoms with van der Waals surface area (Å²) in [5.41, 5.74) is 0.0594. The first-order chi connectivity index (χ1) is 5.86. The highest BCUT2D eigenvalue weighted by Gasteiger charge is 2.50. The number of rotatable bonds is 1. The Labute approximate surface area is 79.3 Å². The third-order valence-electron chi connectivity index (χ3n) is 1.85. The highest BCUT2D eigenvalue weighted by Crippen LogP contribution is 2.43. The van der Waals surface area contributed by atoms with Gasteiger partial charge in [0.1, 0.15) is 0 Å². The molecule has 72 valence electrons. The van der Waals surface area contributed by atoms with E-state index in [9.17, 15) is 13.2 Å². The quantitative estimate of drug-likeness (QED) is 0.618. The second-order valence-electron chi connectivity index (χ2n) is 2.87. The van der Waals surface area contributed by atoms with Crippen molar-refractivity contribution < 1.29 is 13.2 Å². The van der Waals surface area contributed by atoms with Crippen molar-refractivity contribution in [3.63, 3.8) is 0 Å². The molecule has 0 heterocycles. The topological polar surface area (TPSA) is 0 Å². The average molecular weight is 209 g/mol. The van der Waals surface area contributed by atoms with E-state index in [0.29, 0.717) is 0 Å². The Morgan fingerprint density at radius 3 is 1.92 bits per heavy atom. The molecular formula is C9H8ClF3. The number of hydrogen-bond donors (Lipinski definition) is 0. The van der Waals surface area contributed by atoms with E-state index < -0.39 is 11.1 Å². The van der Waals surface area contributed by atoms with E-state index in [1.807, 2.05) is 0 Å². The third-order valence-corrected chi connectivity index (χ3v) is 2.28. The van der Waals surface area contributed by atoms with Gasteiger partial charge in [-0.1, -0.05) is 30.3 Å². The molecule has 1 rings (SSSR count). The van der Waals surface area contributed by atoms with Crippen molar-refractivity contribution in [3.05, 3.63) is 35.9 Å². The number of halogens is 4. The summed E-state index contributed by atoms with van der Waals surface area (Å²) < 4.78 is 37.2. The van der Waals surface area contributed by atoms with Gasteiger partial charge in [-0.2, -0.15) is 13.2 Å². The fourth-order valence-corrected chi connectivity index (χ4v) is 1.04. The van der Waals surface area contributed by atoms with Crippen molar-refractivity contribution in [1.82, 2.24) is 0 Å². The molecule has 0 aliphatic carbocycles. The summed E-state index contributed by atoms with van der Waals surface area (Å²) in [5.74, 6) is 0. The van der Waals surface area contributed by atoms with Crippen LogP contribution in [0.15, 0.2) is 30.3 Å². The maximum atomic E-state index is 12.4. The fourth-order valence-electron chi connectivity index (χ4n) is 0.915. The summed E-state index contributed by atoms with van der Waals surface area (Å²) >= 11 is 5.41. The minimum Gasteiger partial charge on any atom is -0.169 e. The Kier molecular flexibility index (Phi) is 2.57. The van der Waals surface area contributed by atoms with Crippen LogP contribution in [0.1, 0.15) is 12.5 Å². The van der Waals surface area contributed by atoms with Crippen LogP contribution in [0.2, 0.25) is 0 Å². The average Bonchev–Trinajstić information content (AvgIpc) is 2.04. The van der Waals surface area contributed by atoms with Crippen molar-refractivity contribution >= 4 is 11.6 Å². The van der Waals surface area contributed by atoms with Gasteiger partial charge in [0.25, 0.3) is 0 Å². The van der Waals surface area contributed by atoms with E-state index in [0.717, 1.165) is 6.92 Å². The first-order valence-corrected chi connectivity index (χ1v) is 4.04. The standard InChI is InChI=1S/C9H8ClF3/c1-8(10,9(11,12)13)7-5-3-2-4-6-7/h2-6H,1H3. The Bertz CT molecular complexity index is 277. The molecule has 1 aromatic carbocycles. The molecule has 0 nitrogen and oxygen atoms in total. The van der Waals surface area contributed by atoms with Gasteiger partial charge in [-0.3, -0.25) is 0 Å². The molecule has 0 radical (unpaired) electrons. The maximum absolute atomic E-state index is 12.4. The molecule has 0 saturated carbocycles. The minimum atomic E-state index is -4.43. The fraction of sp³-hybridized carbons (Fsp3) is 0.333. The molecule has 0 N–H and O–H groups in total. The minimum absolute atomic E-state index is 0.0594. The number of hydrogen-bond acceptors (Lipinski definition) is 0. The van der Waals surface area contributed by atoms with E-state index in [1.165, 1.54) is 24.3 Å². The van der Waals surface area contributed by atoms with Gasteiger partial charge in [0.05, 0.1) is 0 Å². The van der Waals surface area contributed by atoms with E-state index in [-0.39, 0.29) is 5.56 Å². The molecule has 0 bridgehead atoms. The van der Waals surface area contributed by atoms with Crippen LogP contribution < -0.4 is 0 Å². The summed E-state index contributed by atoms with van der Waals surface area (Å²) in [7, 11) is 0. The number of alkyl halides is 4. The van der Waals surface area contributed by atoms with Crippen molar-refractivity contribution in [2.75, 3.05) is 0 Å². The van der Waals surface area contributed by atoms with Gasteiger partial charge in [-0.15, -0.1) is 11.6 Å². The van der Waals surface area contributed by atoms with Crippen LogP contribution >= 0.6 is 11.6 Å². The Balaban J connectivity index is 3.08. The van der Waals surface area contributed by atoms with Gasteiger partial charge in [-0.25, -0.2) is 0 Å². The van der Waals surface area contributed by atoms with Crippen molar-refractivity contribution in [2.45, 2.75) is 18.0 Å². The lowest BCUT2D eigenvalue weighted by Crippen LogP contribution is -2.33. The van der Waals surface area contributed by atoms with Gasteiger partial charge in [-0.05, 0) is 12.5 Å². The molecule has 0 fully saturated rings. The normalized spacial score (nSPS) is 16.7. The van der Waals surface area contributed by atoms with Crippen LogP contribution in [0, 0.1) is 0 Å². The Morgan fingerprint density at radius 2 is 1.54 bits per heavy atom. The Hall–Kier alpha value is -0.700. The molecule has 0 saturated heterocycles. The lowest BCUT2D eigenvalue weighted by atomic mass is 10.00. The smallest absolute Gasteiger partial charge is 0.169 e. The van der Waals surface area contributed by atoms with Crippen LogP contribution in [0.3, 0.4) is 0 Å². The molecule has 1 atom stereocenters. The largest absolute Gasteiger partial charge is 0.411 e. The lowest BCUT2D eigenvalue weighted by Gasteiger charge is -2.25. The molecule has 13 heavy (non-hydrogen) atoms. The van der Waals surface area contributed by atoms with Gasteiger partial charge in [0, 0.05) is 0 Å². The summed E-state index contributed by atoms with van der Waals surface area (Å²) in [6.45, 7) is 0.948. The molecule has 0 aliphatic rings. The molecule has 0 amide bonds. The highest BCUT2D eigenvalue weighted by atomic mass is 35.5. The van der Waals surface area contributed by atoms with Crippen LogP contribution in [0.4, 0.5) is 13.2 Å². The molecule has 0 aromatic heterocycles. The summed E-state index contributed by atoms with van der Waals surface area (Å²) in [4.78, 5) is -2.30. The maximum Gasteiger partial charge on any atom is 0.411 e. The zero-order chi connectivity index (χ0) is 10.1. The third kappa shape index (κ3) is 1.97. The van der Waals surface area contributed by atoms with Crippen LogP contribution in [0.5, 0.6) is 0 Å². The van der Waals surface area contributed by atoms with Crippen molar-refractivity contribution in [3.8, 4) is 0 Å². The molecule has 0 aliphatic heterocycles. The predicted octanol–water partition coefficient (Wildman–Crippen LogP) is 3.70. The van der Waals surface area contributed by atoms with E-state index >= 15 is 0 Å². The highest BCUT2D eigenvalue weighted by molar-refractivity contribution is 6.24. The first kappa shape index (κ1) is 10.4. The molecule has 0 spiro atoms. The molecule has 1 unspecified atom stereocenters. The second kappa shape index (κ2) is 3.22. The van der Waals surface area contributed by atoms with Gasteiger partial charge >= 0.3 is 6.18 Å². The lowest BCUT2D eigenvalue weighted by molar-refractivity contribution is -0.160. The molecule has 1 aromatic rings. The zero-order valence-corrected chi connectivity index (χ0v) is 7.65. The first-order valence-electron chi connectivity index (χ1n) is 3.67. The molecular weight excluding hydrogens is 201 g/mol. The predicted molar refractivity (Wildman–Crippen MR) is 45.7 cm³/mol. The van der Waals surface area contributed by atoms with E-state index in [4.69, 9.17) is 11.6 Å². The van der Waals surface area contributed by atoms with Crippen LogP contribution in [-0.2, 0) is 4.87 Å². The monoisotopic (exact) mass is 208 g/mol. The van der Waals surface area contributed by atoms with Crippen molar-refractivity contribution in [2.24, 2.45) is 0 Å².